The molecule has 1 aliphatic carbocycles. The molecule has 0 N–H and O–H groups in total. The van der Waals surface area contributed by atoms with Gasteiger partial charge in [0.25, 0.3) is 0 Å². The van der Waals surface area contributed by atoms with Gasteiger partial charge >= 0.3 is 0 Å². The van der Waals surface area contributed by atoms with Gasteiger partial charge in [-0.05, 0) is 82.3 Å². The molecule has 0 aliphatic heterocycles. The highest BCUT2D eigenvalue weighted by atomic mass is 32.1. The van der Waals surface area contributed by atoms with Gasteiger partial charge in [-0.1, -0.05) is 116 Å². The van der Waals surface area contributed by atoms with Crippen molar-refractivity contribution in [3.63, 3.8) is 0 Å². The first-order chi connectivity index (χ1) is 23.3. The van der Waals surface area contributed by atoms with Crippen molar-refractivity contribution in [2.75, 3.05) is 4.90 Å². The normalized spacial score (nSPS) is 14.3. The van der Waals surface area contributed by atoms with Crippen LogP contribution >= 0.6 is 11.3 Å². The minimum Gasteiger partial charge on any atom is -0.454 e. The molecule has 0 amide bonds. The average Bonchev–Trinajstić information content (AvgIpc) is 3.71. The Labute approximate surface area is 277 Å². The van der Waals surface area contributed by atoms with E-state index in [1.807, 2.05) is 17.4 Å². The fourth-order valence-electron chi connectivity index (χ4n) is 8.13. The van der Waals surface area contributed by atoms with Gasteiger partial charge in [0.1, 0.15) is 5.58 Å². The Balaban J connectivity index is 1.20. The maximum Gasteiger partial charge on any atom is 0.159 e. The van der Waals surface area contributed by atoms with Crippen LogP contribution < -0.4 is 4.90 Å². The molecule has 1 aliphatic rings. The van der Waals surface area contributed by atoms with Crippen LogP contribution in [0.5, 0.6) is 0 Å². The zero-order valence-electron chi connectivity index (χ0n) is 26.1. The summed E-state index contributed by atoms with van der Waals surface area (Å²) in [6.45, 7) is 0. The van der Waals surface area contributed by atoms with Crippen molar-refractivity contribution in [1.29, 1.82) is 0 Å². The van der Waals surface area contributed by atoms with Crippen molar-refractivity contribution in [1.82, 2.24) is 0 Å². The molecule has 0 bridgehead atoms. The molecular weight excluding hydrogens is 591 g/mol. The van der Waals surface area contributed by atoms with Crippen LogP contribution in [0.15, 0.2) is 138 Å². The van der Waals surface area contributed by atoms with Gasteiger partial charge in [-0.25, -0.2) is 0 Å². The van der Waals surface area contributed by atoms with E-state index in [4.69, 9.17) is 4.42 Å². The molecule has 2 nitrogen and oxygen atoms in total. The standard InChI is InChI=1S/C44H33NOS/c1-2-10-28(11-3-1)29-22-24-33-30(26-29)20-21-31-27-32(23-25-34(31)33)45(39-16-8-14-37-35-12-4-6-18-41(35)46-43(37)39)40-17-9-15-38-36-13-5-7-19-42(36)47-44(38)40/h4-9,12-28H,1-3,10-11H2. The Kier molecular flexibility index (Phi) is 6.17. The summed E-state index contributed by atoms with van der Waals surface area (Å²) >= 11 is 1.86. The third kappa shape index (κ3) is 4.30. The first kappa shape index (κ1) is 27.0. The van der Waals surface area contributed by atoms with Crippen molar-refractivity contribution in [3.8, 4) is 0 Å². The van der Waals surface area contributed by atoms with E-state index in [1.165, 1.54) is 79.4 Å². The van der Waals surface area contributed by atoms with Crippen molar-refractivity contribution >= 4 is 92.1 Å². The zero-order valence-corrected chi connectivity index (χ0v) is 26.9. The molecule has 10 rings (SSSR count). The van der Waals surface area contributed by atoms with Crippen LogP contribution in [0.3, 0.4) is 0 Å². The molecule has 47 heavy (non-hydrogen) atoms. The summed E-state index contributed by atoms with van der Waals surface area (Å²) in [5.41, 5.74) is 6.64. The molecule has 1 fully saturated rings. The lowest BCUT2D eigenvalue weighted by atomic mass is 9.83. The number of benzene rings is 7. The second-order valence-corrected chi connectivity index (χ2v) is 14.2. The van der Waals surface area contributed by atoms with Gasteiger partial charge < -0.3 is 9.32 Å². The number of anilines is 3. The van der Waals surface area contributed by atoms with E-state index in [2.05, 4.69) is 132 Å². The highest BCUT2D eigenvalue weighted by Crippen LogP contribution is 2.48. The Morgan fingerprint density at radius 3 is 2.11 bits per heavy atom. The number of hydrogen-bond donors (Lipinski definition) is 0. The summed E-state index contributed by atoms with van der Waals surface area (Å²) in [7, 11) is 0. The number of fused-ring (bicyclic) bond motifs is 9. The summed E-state index contributed by atoms with van der Waals surface area (Å²) in [6, 6.07) is 49.2. The van der Waals surface area contributed by atoms with Crippen molar-refractivity contribution in [3.05, 3.63) is 139 Å². The summed E-state index contributed by atoms with van der Waals surface area (Å²) in [5, 5.41) is 10.1. The Morgan fingerprint density at radius 1 is 0.532 bits per heavy atom. The highest BCUT2D eigenvalue weighted by Gasteiger charge is 2.23. The van der Waals surface area contributed by atoms with Crippen molar-refractivity contribution < 1.29 is 4.42 Å². The first-order valence-electron chi connectivity index (χ1n) is 16.9. The Morgan fingerprint density at radius 2 is 1.23 bits per heavy atom. The molecule has 0 radical (unpaired) electrons. The van der Waals surface area contributed by atoms with Gasteiger partial charge in [0, 0.05) is 31.9 Å². The molecule has 0 spiro atoms. The zero-order chi connectivity index (χ0) is 30.9. The van der Waals surface area contributed by atoms with Crippen molar-refractivity contribution in [2.24, 2.45) is 0 Å². The van der Waals surface area contributed by atoms with E-state index in [9.17, 15) is 0 Å². The maximum atomic E-state index is 6.65. The number of rotatable bonds is 4. The molecular formula is C44H33NOS. The molecule has 226 valence electrons. The van der Waals surface area contributed by atoms with Crippen LogP contribution in [0.25, 0.3) is 63.7 Å². The highest BCUT2D eigenvalue weighted by molar-refractivity contribution is 7.26. The second-order valence-electron chi connectivity index (χ2n) is 13.1. The third-order valence-corrected chi connectivity index (χ3v) is 11.6. The lowest BCUT2D eigenvalue weighted by Gasteiger charge is -2.26. The van der Waals surface area contributed by atoms with Crippen LogP contribution in [-0.4, -0.2) is 0 Å². The largest absolute Gasteiger partial charge is 0.454 e. The average molecular weight is 624 g/mol. The number of furan rings is 1. The second kappa shape index (κ2) is 10.7. The minimum absolute atomic E-state index is 0.706. The van der Waals surface area contributed by atoms with Gasteiger partial charge in [0.2, 0.25) is 0 Å². The summed E-state index contributed by atoms with van der Waals surface area (Å²) in [6.07, 6.45) is 6.75. The number of hydrogen-bond acceptors (Lipinski definition) is 3. The van der Waals surface area contributed by atoms with E-state index in [0.29, 0.717) is 5.92 Å². The maximum absolute atomic E-state index is 6.65. The fourth-order valence-corrected chi connectivity index (χ4v) is 9.34. The van der Waals surface area contributed by atoms with Gasteiger partial charge in [0.15, 0.2) is 5.58 Å². The molecule has 2 aromatic heterocycles. The summed E-state index contributed by atoms with van der Waals surface area (Å²) < 4.78 is 9.22. The molecule has 7 aromatic carbocycles. The topological polar surface area (TPSA) is 16.4 Å². The number of para-hydroxylation sites is 2. The smallest absolute Gasteiger partial charge is 0.159 e. The molecule has 9 aromatic rings. The molecule has 3 heteroatoms. The Hall–Kier alpha value is -5.12. The quantitative estimate of drug-likeness (QED) is 0.181. The van der Waals surface area contributed by atoms with Gasteiger partial charge in [-0.15, -0.1) is 11.3 Å². The van der Waals surface area contributed by atoms with Gasteiger partial charge in [0.05, 0.1) is 16.1 Å². The fraction of sp³-hybridized carbons (Fsp3) is 0.136. The van der Waals surface area contributed by atoms with Gasteiger partial charge in [-0.2, -0.15) is 0 Å². The Bertz CT molecular complexity index is 2520. The van der Waals surface area contributed by atoms with Crippen LogP contribution in [0.1, 0.15) is 43.6 Å². The van der Waals surface area contributed by atoms with E-state index in [0.717, 1.165) is 39.0 Å². The van der Waals surface area contributed by atoms with Gasteiger partial charge in [-0.3, -0.25) is 0 Å². The van der Waals surface area contributed by atoms with E-state index < -0.39 is 0 Å². The van der Waals surface area contributed by atoms with E-state index in [1.54, 1.807) is 0 Å². The molecule has 0 unspecified atom stereocenters. The third-order valence-electron chi connectivity index (χ3n) is 10.4. The molecule has 0 saturated heterocycles. The summed E-state index contributed by atoms with van der Waals surface area (Å²) in [5.74, 6) is 0.706. The minimum atomic E-state index is 0.706. The van der Waals surface area contributed by atoms with Crippen LogP contribution in [0.4, 0.5) is 17.1 Å². The monoisotopic (exact) mass is 623 g/mol. The molecule has 0 atom stereocenters. The molecule has 2 heterocycles. The predicted octanol–water partition coefficient (Wildman–Crippen LogP) is 13.8. The van der Waals surface area contributed by atoms with Crippen LogP contribution in [-0.2, 0) is 0 Å². The van der Waals surface area contributed by atoms with Crippen LogP contribution in [0.2, 0.25) is 0 Å². The molecule has 1 saturated carbocycles. The lowest BCUT2D eigenvalue weighted by Crippen LogP contribution is -2.10. The number of nitrogens with zero attached hydrogens (tertiary/aromatic N) is 1. The SMILES string of the molecule is c1ccc2c(c1)oc1c(N(c3ccc4c(ccc5cc(C6CCCCC6)ccc54)c3)c3cccc4c3sc3ccccc34)cccc12. The van der Waals surface area contributed by atoms with E-state index >= 15 is 0 Å². The number of thiophene rings is 1. The lowest BCUT2D eigenvalue weighted by molar-refractivity contribution is 0.444. The van der Waals surface area contributed by atoms with E-state index in [-0.39, 0.29) is 0 Å². The summed E-state index contributed by atoms with van der Waals surface area (Å²) in [4.78, 5) is 2.41. The van der Waals surface area contributed by atoms with Crippen LogP contribution in [0, 0.1) is 0 Å². The predicted molar refractivity (Wildman–Crippen MR) is 202 cm³/mol. The first-order valence-corrected chi connectivity index (χ1v) is 17.7. The van der Waals surface area contributed by atoms with Crippen molar-refractivity contribution in [2.45, 2.75) is 38.0 Å².